The molecule has 0 heterocycles. The summed E-state index contributed by atoms with van der Waals surface area (Å²) in [5.41, 5.74) is 2.30. The number of rotatable bonds is 5. The van der Waals surface area contributed by atoms with Crippen molar-refractivity contribution in [2.45, 2.75) is 64.5 Å². The Bertz CT molecular complexity index is 392. The quantitative estimate of drug-likeness (QED) is 0.853. The molecule has 0 aromatic heterocycles. The van der Waals surface area contributed by atoms with E-state index in [2.05, 4.69) is 43.1 Å². The van der Waals surface area contributed by atoms with E-state index in [9.17, 15) is 5.11 Å². The predicted octanol–water partition coefficient (Wildman–Crippen LogP) is 4.54. The largest absolute Gasteiger partial charge is 0.388 e. The molecule has 112 valence electrons. The van der Waals surface area contributed by atoms with Crippen molar-refractivity contribution in [1.29, 1.82) is 0 Å². The van der Waals surface area contributed by atoms with E-state index in [0.717, 1.165) is 17.9 Å². The van der Waals surface area contributed by atoms with E-state index in [1.54, 1.807) is 0 Å². The van der Waals surface area contributed by atoms with Crippen LogP contribution in [0.2, 0.25) is 0 Å². The molecule has 1 atom stereocenters. The highest BCUT2D eigenvalue weighted by Crippen LogP contribution is 2.31. The van der Waals surface area contributed by atoms with Crippen LogP contribution in [0.25, 0.3) is 0 Å². The Morgan fingerprint density at radius 3 is 2.20 bits per heavy atom. The Hall–Kier alpha value is -1.02. The van der Waals surface area contributed by atoms with Gasteiger partial charge in [0.05, 0.1) is 6.10 Å². The number of aliphatic hydroxyl groups excluding tert-OH is 1. The summed E-state index contributed by atoms with van der Waals surface area (Å²) in [6.07, 6.45) is 7.16. The number of benzene rings is 1. The normalized spacial score (nSPS) is 24.4. The zero-order chi connectivity index (χ0) is 14.5. The summed E-state index contributed by atoms with van der Waals surface area (Å²) in [6.45, 7) is 4.32. The molecule has 1 aliphatic carbocycles. The molecule has 1 N–H and O–H groups in total. The lowest BCUT2D eigenvalue weighted by Crippen LogP contribution is -2.35. The Labute approximate surface area is 123 Å². The summed E-state index contributed by atoms with van der Waals surface area (Å²) in [7, 11) is 2.21. The molecule has 1 aromatic rings. The molecule has 0 saturated heterocycles. The molecule has 1 aliphatic rings. The van der Waals surface area contributed by atoms with E-state index in [1.165, 1.54) is 37.8 Å². The number of hydrogen-bond donors (Lipinski definition) is 1. The highest BCUT2D eigenvalue weighted by atomic mass is 16.3. The maximum absolute atomic E-state index is 9.85. The lowest BCUT2D eigenvalue weighted by molar-refractivity contribution is 0.173. The van der Waals surface area contributed by atoms with Crippen molar-refractivity contribution in [2.75, 3.05) is 11.9 Å². The molecule has 2 rings (SSSR count). The van der Waals surface area contributed by atoms with Crippen LogP contribution >= 0.6 is 0 Å². The molecule has 2 heteroatoms. The van der Waals surface area contributed by atoms with E-state index in [0.29, 0.717) is 6.04 Å². The third-order valence-corrected chi connectivity index (χ3v) is 5.01. The number of nitrogens with zero attached hydrogens (tertiary/aromatic N) is 1. The van der Waals surface area contributed by atoms with E-state index >= 15 is 0 Å². The Balaban J connectivity index is 1.97. The first-order valence-electron chi connectivity index (χ1n) is 8.16. The standard InChI is InChI=1S/C18H29NO/c1-4-14-6-10-16(11-7-14)19(3)17-12-8-15(9-13-17)18(20)5-2/h8-9,12-14,16,18,20H,4-7,10-11H2,1-3H3. The highest BCUT2D eigenvalue weighted by molar-refractivity contribution is 5.48. The average molecular weight is 275 g/mol. The lowest BCUT2D eigenvalue weighted by atomic mass is 9.84. The Morgan fingerprint density at radius 2 is 1.70 bits per heavy atom. The monoisotopic (exact) mass is 275 g/mol. The molecule has 20 heavy (non-hydrogen) atoms. The van der Waals surface area contributed by atoms with Crippen LogP contribution in [0.1, 0.15) is 64.0 Å². The molecule has 1 saturated carbocycles. The minimum Gasteiger partial charge on any atom is -0.388 e. The van der Waals surface area contributed by atoms with Crippen molar-refractivity contribution in [2.24, 2.45) is 5.92 Å². The van der Waals surface area contributed by atoms with E-state index in [4.69, 9.17) is 0 Å². The fraction of sp³-hybridized carbons (Fsp3) is 0.667. The van der Waals surface area contributed by atoms with Gasteiger partial charge >= 0.3 is 0 Å². The van der Waals surface area contributed by atoms with Gasteiger partial charge in [-0.25, -0.2) is 0 Å². The van der Waals surface area contributed by atoms with Gasteiger partial charge in [0, 0.05) is 18.8 Å². The smallest absolute Gasteiger partial charge is 0.0787 e. The lowest BCUT2D eigenvalue weighted by Gasteiger charge is -2.36. The Morgan fingerprint density at radius 1 is 1.10 bits per heavy atom. The summed E-state index contributed by atoms with van der Waals surface area (Å²) in [5, 5.41) is 9.85. The van der Waals surface area contributed by atoms with Crippen molar-refractivity contribution in [1.82, 2.24) is 0 Å². The van der Waals surface area contributed by atoms with Gasteiger partial charge in [-0.3, -0.25) is 0 Å². The summed E-state index contributed by atoms with van der Waals surface area (Å²) >= 11 is 0. The first-order valence-corrected chi connectivity index (χ1v) is 8.16. The van der Waals surface area contributed by atoms with Gasteiger partial charge in [-0.2, -0.15) is 0 Å². The number of aliphatic hydroxyl groups is 1. The van der Waals surface area contributed by atoms with Crippen LogP contribution < -0.4 is 4.90 Å². The number of hydrogen-bond acceptors (Lipinski definition) is 2. The second-order valence-corrected chi connectivity index (χ2v) is 6.21. The Kier molecular flexibility index (Phi) is 5.47. The van der Waals surface area contributed by atoms with Crippen LogP contribution in [0.15, 0.2) is 24.3 Å². The number of anilines is 1. The summed E-state index contributed by atoms with van der Waals surface area (Å²) in [5.74, 6) is 0.946. The van der Waals surface area contributed by atoms with E-state index in [1.807, 2.05) is 6.92 Å². The van der Waals surface area contributed by atoms with Crippen molar-refractivity contribution >= 4 is 5.69 Å². The molecular weight excluding hydrogens is 246 g/mol. The first kappa shape index (κ1) is 15.4. The average Bonchev–Trinajstić information content (AvgIpc) is 2.53. The maximum atomic E-state index is 9.85. The van der Waals surface area contributed by atoms with Gasteiger partial charge in [-0.05, 0) is 55.7 Å². The predicted molar refractivity (Wildman–Crippen MR) is 86.1 cm³/mol. The fourth-order valence-electron chi connectivity index (χ4n) is 3.32. The van der Waals surface area contributed by atoms with Crippen LogP contribution in [0.5, 0.6) is 0 Å². The molecule has 1 unspecified atom stereocenters. The highest BCUT2D eigenvalue weighted by Gasteiger charge is 2.23. The zero-order valence-corrected chi connectivity index (χ0v) is 13.2. The minimum absolute atomic E-state index is 0.325. The van der Waals surface area contributed by atoms with Gasteiger partial charge in [0.1, 0.15) is 0 Å². The molecule has 1 aromatic carbocycles. The van der Waals surface area contributed by atoms with Crippen LogP contribution in [-0.4, -0.2) is 18.2 Å². The second-order valence-electron chi connectivity index (χ2n) is 6.21. The minimum atomic E-state index is -0.325. The molecule has 0 amide bonds. The van der Waals surface area contributed by atoms with Crippen LogP contribution in [0.3, 0.4) is 0 Å². The van der Waals surface area contributed by atoms with Crippen molar-refractivity contribution in [3.63, 3.8) is 0 Å². The van der Waals surface area contributed by atoms with Crippen LogP contribution in [0.4, 0.5) is 5.69 Å². The van der Waals surface area contributed by atoms with Crippen molar-refractivity contribution < 1.29 is 5.11 Å². The van der Waals surface area contributed by atoms with Crippen molar-refractivity contribution in [3.8, 4) is 0 Å². The van der Waals surface area contributed by atoms with Gasteiger partial charge in [-0.15, -0.1) is 0 Å². The molecule has 0 bridgehead atoms. The SMILES string of the molecule is CCC1CCC(N(C)c2ccc(C(O)CC)cc2)CC1. The van der Waals surface area contributed by atoms with Crippen LogP contribution in [0, 0.1) is 5.92 Å². The van der Waals surface area contributed by atoms with E-state index in [-0.39, 0.29) is 6.10 Å². The summed E-state index contributed by atoms with van der Waals surface area (Å²) < 4.78 is 0. The van der Waals surface area contributed by atoms with Gasteiger partial charge in [0.2, 0.25) is 0 Å². The zero-order valence-electron chi connectivity index (χ0n) is 13.2. The fourth-order valence-corrected chi connectivity index (χ4v) is 3.32. The maximum Gasteiger partial charge on any atom is 0.0787 e. The topological polar surface area (TPSA) is 23.5 Å². The first-order chi connectivity index (χ1) is 9.65. The summed E-state index contributed by atoms with van der Waals surface area (Å²) in [6, 6.07) is 9.12. The van der Waals surface area contributed by atoms with Gasteiger partial charge in [-0.1, -0.05) is 32.4 Å². The second kappa shape index (κ2) is 7.12. The van der Waals surface area contributed by atoms with Gasteiger partial charge in [0.25, 0.3) is 0 Å². The van der Waals surface area contributed by atoms with E-state index < -0.39 is 0 Å². The summed E-state index contributed by atoms with van der Waals surface area (Å²) in [4.78, 5) is 2.42. The van der Waals surface area contributed by atoms with Gasteiger partial charge in [0.15, 0.2) is 0 Å². The molecule has 0 aliphatic heterocycles. The molecule has 0 spiro atoms. The molecule has 1 fully saturated rings. The van der Waals surface area contributed by atoms with Crippen LogP contribution in [-0.2, 0) is 0 Å². The molecule has 0 radical (unpaired) electrons. The third kappa shape index (κ3) is 3.54. The molecule has 2 nitrogen and oxygen atoms in total. The van der Waals surface area contributed by atoms with Gasteiger partial charge < -0.3 is 10.0 Å². The third-order valence-electron chi connectivity index (χ3n) is 5.01. The van der Waals surface area contributed by atoms with Crippen molar-refractivity contribution in [3.05, 3.63) is 29.8 Å². The molecular formula is C18H29NO.